The second-order valence-electron chi connectivity index (χ2n) is 6.42. The summed E-state index contributed by atoms with van der Waals surface area (Å²) in [4.78, 5) is 29.3. The summed E-state index contributed by atoms with van der Waals surface area (Å²) in [6.45, 7) is 5.42. The number of hydrogen-bond donors (Lipinski definition) is 1. The number of benzene rings is 2. The van der Waals surface area contributed by atoms with Crippen molar-refractivity contribution in [2.75, 3.05) is 11.9 Å². The standard InChI is InChI=1S/C22H22N2O3/c1-4-18-21(15(3)17-10-5-6-11-19(17)24-18)22(26)27-13-20(25)23-16-9-7-8-14(2)12-16/h5-12H,4,13H2,1-3H3,(H,23,25). The van der Waals surface area contributed by atoms with Crippen LogP contribution in [-0.4, -0.2) is 23.5 Å². The van der Waals surface area contributed by atoms with E-state index in [-0.39, 0.29) is 12.5 Å². The SMILES string of the molecule is CCc1nc2ccccc2c(C)c1C(=O)OCC(=O)Nc1cccc(C)c1. The lowest BCUT2D eigenvalue weighted by Crippen LogP contribution is -2.22. The van der Waals surface area contributed by atoms with Crippen molar-refractivity contribution in [3.8, 4) is 0 Å². The number of nitrogens with one attached hydrogen (secondary N) is 1. The molecule has 1 aromatic heterocycles. The van der Waals surface area contributed by atoms with Crippen LogP contribution in [0.4, 0.5) is 5.69 Å². The van der Waals surface area contributed by atoms with Gasteiger partial charge in [-0.15, -0.1) is 0 Å². The number of carbonyl (C=O) groups excluding carboxylic acids is 2. The lowest BCUT2D eigenvalue weighted by atomic mass is 10.0. The van der Waals surface area contributed by atoms with E-state index in [1.54, 1.807) is 6.07 Å². The predicted octanol–water partition coefficient (Wildman–Crippen LogP) is 4.21. The molecule has 1 heterocycles. The first kappa shape index (κ1) is 18.6. The molecule has 0 aliphatic heterocycles. The topological polar surface area (TPSA) is 68.3 Å². The Hall–Kier alpha value is -3.21. The number of hydrogen-bond acceptors (Lipinski definition) is 4. The summed E-state index contributed by atoms with van der Waals surface area (Å²) in [5.41, 5.74) is 4.50. The molecule has 138 valence electrons. The first-order valence-corrected chi connectivity index (χ1v) is 8.91. The van der Waals surface area contributed by atoms with E-state index in [1.807, 2.05) is 63.2 Å². The summed E-state index contributed by atoms with van der Waals surface area (Å²) in [7, 11) is 0. The number of pyridine rings is 1. The Morgan fingerprint density at radius 2 is 1.85 bits per heavy atom. The molecule has 0 aliphatic carbocycles. The molecule has 0 atom stereocenters. The van der Waals surface area contributed by atoms with Crippen LogP contribution in [0.2, 0.25) is 0 Å². The summed E-state index contributed by atoms with van der Waals surface area (Å²) < 4.78 is 5.27. The molecule has 1 N–H and O–H groups in total. The van der Waals surface area contributed by atoms with Crippen LogP contribution in [0.5, 0.6) is 0 Å². The Balaban J connectivity index is 1.76. The van der Waals surface area contributed by atoms with Gasteiger partial charge in [0.2, 0.25) is 0 Å². The predicted molar refractivity (Wildman–Crippen MR) is 106 cm³/mol. The average Bonchev–Trinajstić information content (AvgIpc) is 2.66. The molecule has 0 aliphatic rings. The van der Waals surface area contributed by atoms with Crippen LogP contribution in [0.25, 0.3) is 10.9 Å². The van der Waals surface area contributed by atoms with Crippen molar-refractivity contribution in [3.05, 3.63) is 70.9 Å². The Kier molecular flexibility index (Phi) is 5.50. The molecular formula is C22H22N2O3. The van der Waals surface area contributed by atoms with Crippen LogP contribution in [-0.2, 0) is 16.0 Å². The third-order valence-electron chi connectivity index (χ3n) is 4.40. The van der Waals surface area contributed by atoms with Gasteiger partial charge in [-0.3, -0.25) is 9.78 Å². The van der Waals surface area contributed by atoms with Gasteiger partial charge in [-0.05, 0) is 49.6 Å². The molecule has 2 aromatic carbocycles. The highest BCUT2D eigenvalue weighted by molar-refractivity contribution is 6.00. The molecule has 3 aromatic rings. The fraction of sp³-hybridized carbons (Fsp3) is 0.227. The number of ether oxygens (including phenoxy) is 1. The minimum absolute atomic E-state index is 0.345. The van der Waals surface area contributed by atoms with Crippen LogP contribution in [0.15, 0.2) is 48.5 Å². The minimum atomic E-state index is -0.526. The first-order valence-electron chi connectivity index (χ1n) is 8.91. The minimum Gasteiger partial charge on any atom is -0.452 e. The number of fused-ring (bicyclic) bond motifs is 1. The molecule has 0 spiro atoms. The van der Waals surface area contributed by atoms with Gasteiger partial charge in [0.25, 0.3) is 5.91 Å². The van der Waals surface area contributed by atoms with E-state index in [0.29, 0.717) is 23.4 Å². The highest BCUT2D eigenvalue weighted by atomic mass is 16.5. The van der Waals surface area contributed by atoms with Gasteiger partial charge in [0.1, 0.15) is 0 Å². The van der Waals surface area contributed by atoms with Gasteiger partial charge < -0.3 is 10.1 Å². The number of rotatable bonds is 5. The van der Waals surface area contributed by atoms with E-state index >= 15 is 0 Å². The summed E-state index contributed by atoms with van der Waals surface area (Å²) in [5, 5.41) is 3.64. The Bertz CT molecular complexity index is 1010. The summed E-state index contributed by atoms with van der Waals surface area (Å²) >= 11 is 0. The monoisotopic (exact) mass is 362 g/mol. The second kappa shape index (κ2) is 7.99. The van der Waals surface area contributed by atoms with Gasteiger partial charge in [0.15, 0.2) is 6.61 Å². The number of esters is 1. The summed E-state index contributed by atoms with van der Waals surface area (Å²) in [6, 6.07) is 15.1. The molecular weight excluding hydrogens is 340 g/mol. The molecule has 3 rings (SSSR count). The highest BCUT2D eigenvalue weighted by Gasteiger charge is 2.20. The first-order chi connectivity index (χ1) is 13.0. The fourth-order valence-corrected chi connectivity index (χ4v) is 3.09. The van der Waals surface area contributed by atoms with Gasteiger partial charge in [-0.2, -0.15) is 0 Å². The van der Waals surface area contributed by atoms with E-state index in [4.69, 9.17) is 4.74 Å². The van der Waals surface area contributed by atoms with Crippen molar-refractivity contribution in [1.82, 2.24) is 4.98 Å². The highest BCUT2D eigenvalue weighted by Crippen LogP contribution is 2.24. The maximum absolute atomic E-state index is 12.7. The van der Waals surface area contributed by atoms with Crippen molar-refractivity contribution in [1.29, 1.82) is 0 Å². The lowest BCUT2D eigenvalue weighted by Gasteiger charge is -2.13. The Labute approximate surface area is 158 Å². The molecule has 0 saturated heterocycles. The number of carbonyl (C=O) groups is 2. The number of amides is 1. The van der Waals surface area contributed by atoms with Gasteiger partial charge >= 0.3 is 5.97 Å². The van der Waals surface area contributed by atoms with E-state index < -0.39 is 5.97 Å². The Morgan fingerprint density at radius 3 is 2.59 bits per heavy atom. The quantitative estimate of drug-likeness (QED) is 0.691. The normalized spacial score (nSPS) is 10.6. The van der Waals surface area contributed by atoms with Crippen LogP contribution in [0, 0.1) is 13.8 Å². The van der Waals surface area contributed by atoms with Crippen LogP contribution in [0.1, 0.15) is 34.1 Å². The van der Waals surface area contributed by atoms with Crippen molar-refractivity contribution in [2.24, 2.45) is 0 Å². The summed E-state index contributed by atoms with van der Waals surface area (Å²) in [6.07, 6.45) is 0.603. The molecule has 0 unspecified atom stereocenters. The fourth-order valence-electron chi connectivity index (χ4n) is 3.09. The molecule has 0 radical (unpaired) electrons. The van der Waals surface area contributed by atoms with Crippen molar-refractivity contribution < 1.29 is 14.3 Å². The van der Waals surface area contributed by atoms with Crippen LogP contribution in [0.3, 0.4) is 0 Å². The lowest BCUT2D eigenvalue weighted by molar-refractivity contribution is -0.119. The van der Waals surface area contributed by atoms with Gasteiger partial charge in [-0.25, -0.2) is 4.79 Å². The molecule has 27 heavy (non-hydrogen) atoms. The maximum Gasteiger partial charge on any atom is 0.340 e. The third-order valence-corrected chi connectivity index (χ3v) is 4.40. The third kappa shape index (κ3) is 4.14. The van der Waals surface area contributed by atoms with Gasteiger partial charge in [0, 0.05) is 11.1 Å². The molecule has 5 nitrogen and oxygen atoms in total. The van der Waals surface area contributed by atoms with Crippen molar-refractivity contribution in [3.63, 3.8) is 0 Å². The van der Waals surface area contributed by atoms with Gasteiger partial charge in [-0.1, -0.05) is 37.3 Å². The number of para-hydroxylation sites is 1. The summed E-state index contributed by atoms with van der Waals surface area (Å²) in [5.74, 6) is -0.902. The molecule has 0 fully saturated rings. The molecule has 0 saturated carbocycles. The number of aromatic nitrogens is 1. The van der Waals surface area contributed by atoms with Crippen LogP contribution >= 0.6 is 0 Å². The number of nitrogens with zero attached hydrogens (tertiary/aromatic N) is 1. The van der Waals surface area contributed by atoms with E-state index in [9.17, 15) is 9.59 Å². The zero-order valence-electron chi connectivity index (χ0n) is 15.7. The number of anilines is 1. The average molecular weight is 362 g/mol. The zero-order valence-corrected chi connectivity index (χ0v) is 15.7. The van der Waals surface area contributed by atoms with E-state index in [1.165, 1.54) is 0 Å². The van der Waals surface area contributed by atoms with E-state index in [0.717, 1.165) is 22.0 Å². The molecule has 1 amide bonds. The smallest absolute Gasteiger partial charge is 0.340 e. The zero-order chi connectivity index (χ0) is 19.4. The maximum atomic E-state index is 12.7. The van der Waals surface area contributed by atoms with Gasteiger partial charge in [0.05, 0.1) is 16.8 Å². The van der Waals surface area contributed by atoms with E-state index in [2.05, 4.69) is 10.3 Å². The molecule has 0 bridgehead atoms. The van der Waals surface area contributed by atoms with Crippen molar-refractivity contribution >= 4 is 28.5 Å². The van der Waals surface area contributed by atoms with Crippen molar-refractivity contribution in [2.45, 2.75) is 27.2 Å². The molecule has 5 heteroatoms. The van der Waals surface area contributed by atoms with Crippen LogP contribution < -0.4 is 5.32 Å². The largest absolute Gasteiger partial charge is 0.452 e. The second-order valence-corrected chi connectivity index (χ2v) is 6.42. The Morgan fingerprint density at radius 1 is 1.07 bits per heavy atom. The number of aryl methyl sites for hydroxylation is 3.